The van der Waals surface area contributed by atoms with Gasteiger partial charge in [-0.3, -0.25) is 14.4 Å². The van der Waals surface area contributed by atoms with Gasteiger partial charge in [0, 0.05) is 25.2 Å². The SMILES string of the molecule is O=C1CN(C(=O)c2ccc(CNC(=O)C3CCCN3)cc2)CCN1. The van der Waals surface area contributed by atoms with Crippen LogP contribution in [0.5, 0.6) is 0 Å². The summed E-state index contributed by atoms with van der Waals surface area (Å²) in [5, 5.41) is 8.77. The van der Waals surface area contributed by atoms with Crippen molar-refractivity contribution in [3.05, 3.63) is 35.4 Å². The summed E-state index contributed by atoms with van der Waals surface area (Å²) < 4.78 is 0. The van der Waals surface area contributed by atoms with Crippen LogP contribution in [0.25, 0.3) is 0 Å². The lowest BCUT2D eigenvalue weighted by Crippen LogP contribution is -2.49. The third-order valence-corrected chi connectivity index (χ3v) is 4.37. The normalized spacial score (nSPS) is 20.6. The zero-order valence-electron chi connectivity index (χ0n) is 13.5. The molecule has 0 spiro atoms. The van der Waals surface area contributed by atoms with E-state index in [1.165, 1.54) is 0 Å². The predicted molar refractivity (Wildman–Crippen MR) is 88.2 cm³/mol. The summed E-state index contributed by atoms with van der Waals surface area (Å²) in [5.74, 6) is -0.253. The Labute approximate surface area is 140 Å². The van der Waals surface area contributed by atoms with Crippen LogP contribution in [0.15, 0.2) is 24.3 Å². The molecule has 2 saturated heterocycles. The van der Waals surface area contributed by atoms with E-state index in [-0.39, 0.29) is 30.3 Å². The van der Waals surface area contributed by atoms with Crippen LogP contribution >= 0.6 is 0 Å². The third-order valence-electron chi connectivity index (χ3n) is 4.37. The molecule has 0 saturated carbocycles. The second-order valence-electron chi connectivity index (χ2n) is 6.14. The Bertz CT molecular complexity index is 623. The van der Waals surface area contributed by atoms with E-state index in [0.29, 0.717) is 25.2 Å². The number of benzene rings is 1. The molecule has 7 heteroatoms. The van der Waals surface area contributed by atoms with Crippen LogP contribution in [0.4, 0.5) is 0 Å². The molecule has 0 bridgehead atoms. The Balaban J connectivity index is 1.53. The van der Waals surface area contributed by atoms with Crippen molar-refractivity contribution in [1.29, 1.82) is 0 Å². The molecule has 2 fully saturated rings. The molecule has 1 unspecified atom stereocenters. The molecule has 3 N–H and O–H groups in total. The van der Waals surface area contributed by atoms with Crippen molar-refractivity contribution in [2.24, 2.45) is 0 Å². The number of hydrogen-bond donors (Lipinski definition) is 3. The maximum absolute atomic E-state index is 12.4. The first-order valence-electron chi connectivity index (χ1n) is 8.29. The lowest BCUT2D eigenvalue weighted by molar-refractivity contribution is -0.123. The first-order chi connectivity index (χ1) is 11.6. The van der Waals surface area contributed by atoms with Gasteiger partial charge in [0.15, 0.2) is 0 Å². The molecule has 7 nitrogen and oxygen atoms in total. The van der Waals surface area contributed by atoms with Crippen molar-refractivity contribution in [2.75, 3.05) is 26.2 Å². The van der Waals surface area contributed by atoms with Gasteiger partial charge in [0.1, 0.15) is 0 Å². The summed E-state index contributed by atoms with van der Waals surface area (Å²) in [6, 6.07) is 7.06. The van der Waals surface area contributed by atoms with Crippen LogP contribution in [0.2, 0.25) is 0 Å². The highest BCUT2D eigenvalue weighted by atomic mass is 16.2. The van der Waals surface area contributed by atoms with Crippen LogP contribution in [0, 0.1) is 0 Å². The van der Waals surface area contributed by atoms with Crippen molar-refractivity contribution in [1.82, 2.24) is 20.9 Å². The van der Waals surface area contributed by atoms with Crippen LogP contribution in [-0.2, 0) is 16.1 Å². The van der Waals surface area contributed by atoms with E-state index in [9.17, 15) is 14.4 Å². The highest BCUT2D eigenvalue weighted by Gasteiger charge is 2.23. The molecule has 24 heavy (non-hydrogen) atoms. The van der Waals surface area contributed by atoms with E-state index in [0.717, 1.165) is 24.9 Å². The van der Waals surface area contributed by atoms with Crippen molar-refractivity contribution in [2.45, 2.75) is 25.4 Å². The van der Waals surface area contributed by atoms with Gasteiger partial charge in [-0.1, -0.05) is 12.1 Å². The minimum atomic E-state index is -0.143. The molecule has 0 aromatic heterocycles. The van der Waals surface area contributed by atoms with Gasteiger partial charge in [0.05, 0.1) is 12.6 Å². The minimum Gasteiger partial charge on any atom is -0.353 e. The molecule has 2 aliphatic rings. The first-order valence-corrected chi connectivity index (χ1v) is 8.29. The number of carbonyl (C=O) groups is 3. The Kier molecular flexibility index (Phi) is 5.10. The Hall–Kier alpha value is -2.41. The van der Waals surface area contributed by atoms with Crippen molar-refractivity contribution >= 4 is 17.7 Å². The van der Waals surface area contributed by atoms with Crippen LogP contribution in [0.3, 0.4) is 0 Å². The molecule has 128 valence electrons. The van der Waals surface area contributed by atoms with Gasteiger partial charge < -0.3 is 20.9 Å². The number of carbonyl (C=O) groups excluding carboxylic acids is 3. The minimum absolute atomic E-state index is 0.0204. The van der Waals surface area contributed by atoms with Crippen molar-refractivity contribution in [3.63, 3.8) is 0 Å². The van der Waals surface area contributed by atoms with Gasteiger partial charge >= 0.3 is 0 Å². The van der Waals surface area contributed by atoms with Gasteiger partial charge in [0.25, 0.3) is 5.91 Å². The standard InChI is InChI=1S/C17H22N4O3/c22-15-11-21(9-8-19-15)17(24)13-5-3-12(4-6-13)10-20-16(23)14-2-1-7-18-14/h3-6,14,18H,1-2,7-11H2,(H,19,22)(H,20,23). The summed E-state index contributed by atoms with van der Waals surface area (Å²) in [4.78, 5) is 37.2. The Morgan fingerprint density at radius 3 is 2.67 bits per heavy atom. The second-order valence-corrected chi connectivity index (χ2v) is 6.14. The van der Waals surface area contributed by atoms with Gasteiger partial charge in [-0.2, -0.15) is 0 Å². The highest BCUT2D eigenvalue weighted by Crippen LogP contribution is 2.10. The maximum Gasteiger partial charge on any atom is 0.254 e. The lowest BCUT2D eigenvalue weighted by Gasteiger charge is -2.26. The fraction of sp³-hybridized carbons (Fsp3) is 0.471. The highest BCUT2D eigenvalue weighted by molar-refractivity contribution is 5.97. The Morgan fingerprint density at radius 2 is 2.00 bits per heavy atom. The molecule has 3 rings (SSSR count). The zero-order chi connectivity index (χ0) is 16.9. The molecule has 3 amide bonds. The molecular formula is C17H22N4O3. The fourth-order valence-corrected chi connectivity index (χ4v) is 2.98. The monoisotopic (exact) mass is 330 g/mol. The van der Waals surface area contributed by atoms with E-state index in [1.54, 1.807) is 17.0 Å². The topological polar surface area (TPSA) is 90.5 Å². The number of hydrogen-bond acceptors (Lipinski definition) is 4. The number of rotatable bonds is 4. The predicted octanol–water partition coefficient (Wildman–Crippen LogP) is -0.373. The second kappa shape index (κ2) is 7.44. The van der Waals surface area contributed by atoms with Crippen LogP contribution < -0.4 is 16.0 Å². The van der Waals surface area contributed by atoms with Gasteiger partial charge in [0.2, 0.25) is 11.8 Å². The van der Waals surface area contributed by atoms with Crippen molar-refractivity contribution in [3.8, 4) is 0 Å². The molecule has 0 radical (unpaired) electrons. The largest absolute Gasteiger partial charge is 0.353 e. The Morgan fingerprint density at radius 1 is 1.21 bits per heavy atom. The summed E-state index contributed by atoms with van der Waals surface area (Å²) in [6.07, 6.45) is 1.91. The molecular weight excluding hydrogens is 308 g/mol. The van der Waals surface area contributed by atoms with Crippen LogP contribution in [0.1, 0.15) is 28.8 Å². The van der Waals surface area contributed by atoms with Crippen molar-refractivity contribution < 1.29 is 14.4 Å². The van der Waals surface area contributed by atoms with Gasteiger partial charge in [-0.25, -0.2) is 0 Å². The van der Waals surface area contributed by atoms with Crippen LogP contribution in [-0.4, -0.2) is 54.8 Å². The number of nitrogens with one attached hydrogen (secondary N) is 3. The van der Waals surface area contributed by atoms with Gasteiger partial charge in [-0.15, -0.1) is 0 Å². The van der Waals surface area contributed by atoms with E-state index in [1.807, 2.05) is 12.1 Å². The summed E-state index contributed by atoms with van der Waals surface area (Å²) >= 11 is 0. The molecule has 2 heterocycles. The average molecular weight is 330 g/mol. The van der Waals surface area contributed by atoms with E-state index < -0.39 is 0 Å². The smallest absolute Gasteiger partial charge is 0.254 e. The number of amides is 3. The van der Waals surface area contributed by atoms with E-state index in [2.05, 4.69) is 16.0 Å². The summed E-state index contributed by atoms with van der Waals surface area (Å²) in [7, 11) is 0. The quantitative estimate of drug-likeness (QED) is 0.702. The third kappa shape index (κ3) is 3.91. The molecule has 1 aromatic carbocycles. The zero-order valence-corrected chi connectivity index (χ0v) is 13.5. The lowest BCUT2D eigenvalue weighted by atomic mass is 10.1. The first kappa shape index (κ1) is 16.4. The number of piperazine rings is 1. The molecule has 2 aliphatic heterocycles. The number of nitrogens with zero attached hydrogens (tertiary/aromatic N) is 1. The molecule has 1 aromatic rings. The fourth-order valence-electron chi connectivity index (χ4n) is 2.98. The van der Waals surface area contributed by atoms with Gasteiger partial charge in [-0.05, 0) is 37.1 Å². The molecule has 1 atom stereocenters. The van der Waals surface area contributed by atoms with E-state index >= 15 is 0 Å². The molecule has 0 aliphatic carbocycles. The summed E-state index contributed by atoms with van der Waals surface area (Å²) in [5.41, 5.74) is 1.49. The van der Waals surface area contributed by atoms with E-state index in [4.69, 9.17) is 0 Å². The summed E-state index contributed by atoms with van der Waals surface area (Å²) in [6.45, 7) is 2.45. The average Bonchev–Trinajstić information content (AvgIpc) is 3.14. The maximum atomic E-state index is 12.4.